The van der Waals surface area contributed by atoms with Crippen molar-refractivity contribution in [3.63, 3.8) is 0 Å². The number of rotatable bonds is 6. The van der Waals surface area contributed by atoms with Gasteiger partial charge >= 0.3 is 6.09 Å². The summed E-state index contributed by atoms with van der Waals surface area (Å²) >= 11 is 3.40. The van der Waals surface area contributed by atoms with Crippen LogP contribution in [0.4, 0.5) is 10.5 Å². The number of pyridine rings is 2. The van der Waals surface area contributed by atoms with Gasteiger partial charge in [0, 0.05) is 52.9 Å². The molecule has 2 amide bonds. The molecule has 0 unspecified atom stereocenters. The average Bonchev–Trinajstić information content (AvgIpc) is 2.83. The van der Waals surface area contributed by atoms with E-state index in [4.69, 9.17) is 4.74 Å². The van der Waals surface area contributed by atoms with Gasteiger partial charge in [-0.25, -0.2) is 4.79 Å². The summed E-state index contributed by atoms with van der Waals surface area (Å²) in [5.41, 5.74) is 4.41. The summed E-state index contributed by atoms with van der Waals surface area (Å²) in [5.74, 6) is -0.281. The van der Waals surface area contributed by atoms with E-state index in [1.165, 1.54) is 0 Å². The SMILES string of the molecule is Cc1ccc(-c2cc(CN3CCC[C@H](NC(=O)OC(C)(C)C)C3)cc(NC(=O)c3cc(Br)ccn3)c2)cn1. The number of ether oxygens (including phenoxy) is 1. The Hall–Kier alpha value is -3.30. The molecule has 200 valence electrons. The molecule has 2 N–H and O–H groups in total. The van der Waals surface area contributed by atoms with Gasteiger partial charge in [0.15, 0.2) is 0 Å². The zero-order chi connectivity index (χ0) is 27.3. The fourth-order valence-electron chi connectivity index (χ4n) is 4.43. The first-order valence-electron chi connectivity index (χ1n) is 12.8. The van der Waals surface area contributed by atoms with Crippen molar-refractivity contribution in [3.05, 3.63) is 76.3 Å². The van der Waals surface area contributed by atoms with E-state index in [0.717, 1.165) is 52.8 Å². The number of nitrogens with one attached hydrogen (secondary N) is 2. The van der Waals surface area contributed by atoms with E-state index in [9.17, 15) is 9.59 Å². The Labute approximate surface area is 232 Å². The highest BCUT2D eigenvalue weighted by molar-refractivity contribution is 9.10. The second-order valence-electron chi connectivity index (χ2n) is 10.6. The first kappa shape index (κ1) is 27.7. The number of alkyl carbamates (subject to hydrolysis) is 1. The standard InChI is InChI=1S/C29H34BrN5O3/c1-19-7-8-21(16-32-19)22-12-20(13-25(14-22)33-27(36)26-15-23(30)9-10-31-26)17-35-11-5-6-24(18-35)34-28(37)38-29(2,3)4/h7-10,12-16,24H,5-6,11,17-18H2,1-4H3,(H,33,36)(H,34,37)/t24-/m0/s1. The van der Waals surface area contributed by atoms with E-state index in [1.54, 1.807) is 18.3 Å². The number of carbonyl (C=O) groups is 2. The van der Waals surface area contributed by atoms with E-state index in [1.807, 2.05) is 58.2 Å². The van der Waals surface area contributed by atoms with Gasteiger partial charge in [0.05, 0.1) is 0 Å². The van der Waals surface area contributed by atoms with Crippen LogP contribution in [0.3, 0.4) is 0 Å². The van der Waals surface area contributed by atoms with Gasteiger partial charge in [0.25, 0.3) is 5.91 Å². The van der Waals surface area contributed by atoms with Crippen LogP contribution in [0.2, 0.25) is 0 Å². The third kappa shape index (κ3) is 8.10. The van der Waals surface area contributed by atoms with Crippen molar-refractivity contribution in [2.75, 3.05) is 18.4 Å². The Morgan fingerprint density at radius 2 is 1.92 bits per heavy atom. The van der Waals surface area contributed by atoms with E-state index < -0.39 is 5.60 Å². The van der Waals surface area contributed by atoms with Crippen molar-refractivity contribution >= 4 is 33.6 Å². The summed E-state index contributed by atoms with van der Waals surface area (Å²) in [7, 11) is 0. The van der Waals surface area contributed by atoms with E-state index in [-0.39, 0.29) is 18.0 Å². The number of aromatic nitrogens is 2. The van der Waals surface area contributed by atoms with Crippen molar-refractivity contribution < 1.29 is 14.3 Å². The number of halogens is 1. The highest BCUT2D eigenvalue weighted by Crippen LogP contribution is 2.27. The summed E-state index contributed by atoms with van der Waals surface area (Å²) in [6, 6.07) is 13.6. The molecule has 4 rings (SSSR count). The number of aryl methyl sites for hydroxylation is 1. The molecule has 0 spiro atoms. The lowest BCUT2D eigenvalue weighted by atomic mass is 10.0. The molecular weight excluding hydrogens is 546 g/mol. The van der Waals surface area contributed by atoms with Crippen LogP contribution in [0, 0.1) is 6.92 Å². The molecule has 3 aromatic rings. The maximum absolute atomic E-state index is 12.9. The molecule has 1 fully saturated rings. The van der Waals surface area contributed by atoms with Crippen LogP contribution in [-0.4, -0.2) is 51.6 Å². The largest absolute Gasteiger partial charge is 0.444 e. The zero-order valence-electron chi connectivity index (χ0n) is 22.3. The predicted octanol–water partition coefficient (Wildman–Crippen LogP) is 5.96. The smallest absolute Gasteiger partial charge is 0.407 e. The van der Waals surface area contributed by atoms with Crippen LogP contribution < -0.4 is 10.6 Å². The summed E-state index contributed by atoms with van der Waals surface area (Å²) in [6.45, 7) is 9.86. The molecule has 1 saturated heterocycles. The molecule has 2 aromatic heterocycles. The maximum Gasteiger partial charge on any atom is 0.407 e. The molecule has 38 heavy (non-hydrogen) atoms. The highest BCUT2D eigenvalue weighted by atomic mass is 79.9. The molecule has 3 heterocycles. The molecule has 1 aliphatic heterocycles. The Bertz CT molecular complexity index is 1290. The Balaban J connectivity index is 1.53. The van der Waals surface area contributed by atoms with E-state index in [0.29, 0.717) is 17.9 Å². The minimum Gasteiger partial charge on any atom is -0.444 e. The summed E-state index contributed by atoms with van der Waals surface area (Å²) < 4.78 is 6.23. The third-order valence-corrected chi connectivity index (χ3v) is 6.58. The molecule has 0 saturated carbocycles. The van der Waals surface area contributed by atoms with Crippen LogP contribution in [0.1, 0.15) is 55.4 Å². The van der Waals surface area contributed by atoms with Crippen molar-refractivity contribution in [1.82, 2.24) is 20.2 Å². The number of nitrogens with zero attached hydrogens (tertiary/aromatic N) is 3. The lowest BCUT2D eigenvalue weighted by molar-refractivity contribution is 0.0470. The molecule has 0 aliphatic carbocycles. The second-order valence-corrected chi connectivity index (χ2v) is 11.6. The normalized spacial score (nSPS) is 16.1. The Morgan fingerprint density at radius 1 is 1.11 bits per heavy atom. The number of piperidine rings is 1. The number of likely N-dealkylation sites (tertiary alicyclic amines) is 1. The van der Waals surface area contributed by atoms with Gasteiger partial charge in [0.2, 0.25) is 0 Å². The molecule has 1 aliphatic rings. The lowest BCUT2D eigenvalue weighted by Crippen LogP contribution is -2.48. The van der Waals surface area contributed by atoms with Crippen molar-refractivity contribution in [3.8, 4) is 11.1 Å². The van der Waals surface area contributed by atoms with Crippen LogP contribution >= 0.6 is 15.9 Å². The maximum atomic E-state index is 12.9. The van der Waals surface area contributed by atoms with E-state index in [2.05, 4.69) is 47.5 Å². The van der Waals surface area contributed by atoms with E-state index >= 15 is 0 Å². The fourth-order valence-corrected chi connectivity index (χ4v) is 4.77. The van der Waals surface area contributed by atoms with Crippen molar-refractivity contribution in [1.29, 1.82) is 0 Å². The summed E-state index contributed by atoms with van der Waals surface area (Å²) in [5, 5.41) is 6.02. The minimum absolute atomic E-state index is 0.0184. The first-order valence-corrected chi connectivity index (χ1v) is 13.6. The number of hydrogen-bond donors (Lipinski definition) is 2. The number of amides is 2. The predicted molar refractivity (Wildman–Crippen MR) is 152 cm³/mol. The van der Waals surface area contributed by atoms with Gasteiger partial charge in [-0.15, -0.1) is 0 Å². The lowest BCUT2D eigenvalue weighted by Gasteiger charge is -2.33. The second kappa shape index (κ2) is 12.0. The van der Waals surface area contributed by atoms with Gasteiger partial charge in [-0.05, 0) is 94.6 Å². The third-order valence-electron chi connectivity index (χ3n) is 6.08. The van der Waals surface area contributed by atoms with Gasteiger partial charge in [-0.1, -0.05) is 22.0 Å². The molecule has 1 aromatic carbocycles. The van der Waals surface area contributed by atoms with Crippen molar-refractivity contribution in [2.24, 2.45) is 0 Å². The molecular formula is C29H34BrN5O3. The highest BCUT2D eigenvalue weighted by Gasteiger charge is 2.24. The monoisotopic (exact) mass is 579 g/mol. The van der Waals surface area contributed by atoms with Gasteiger partial charge in [0.1, 0.15) is 11.3 Å². The van der Waals surface area contributed by atoms with Gasteiger partial charge in [-0.2, -0.15) is 0 Å². The Morgan fingerprint density at radius 3 is 2.63 bits per heavy atom. The minimum atomic E-state index is -0.532. The van der Waals surface area contributed by atoms with Gasteiger partial charge in [-0.3, -0.25) is 19.7 Å². The number of hydrogen-bond acceptors (Lipinski definition) is 6. The quantitative estimate of drug-likeness (QED) is 0.374. The van der Waals surface area contributed by atoms with Crippen molar-refractivity contribution in [2.45, 2.75) is 58.7 Å². The molecule has 0 radical (unpaired) electrons. The molecule has 1 atom stereocenters. The average molecular weight is 581 g/mol. The van der Waals surface area contributed by atoms with Crippen LogP contribution in [0.5, 0.6) is 0 Å². The molecule has 9 heteroatoms. The zero-order valence-corrected chi connectivity index (χ0v) is 23.8. The number of carbonyl (C=O) groups excluding carboxylic acids is 2. The van der Waals surface area contributed by atoms with Crippen LogP contribution in [0.15, 0.2) is 59.3 Å². The molecule has 8 nitrogen and oxygen atoms in total. The fraction of sp³-hybridized carbons (Fsp3) is 0.379. The topological polar surface area (TPSA) is 96.5 Å². The number of benzene rings is 1. The molecule has 0 bridgehead atoms. The van der Waals surface area contributed by atoms with Crippen LogP contribution in [0.25, 0.3) is 11.1 Å². The van der Waals surface area contributed by atoms with Crippen LogP contribution in [-0.2, 0) is 11.3 Å². The Kier molecular flexibility index (Phi) is 8.79. The summed E-state index contributed by atoms with van der Waals surface area (Å²) in [4.78, 5) is 36.2. The first-order chi connectivity index (χ1) is 18.0. The summed E-state index contributed by atoms with van der Waals surface area (Å²) in [6.07, 6.45) is 4.94. The number of anilines is 1. The van der Waals surface area contributed by atoms with Gasteiger partial charge < -0.3 is 15.4 Å².